The number of aryl methyl sites for hydroxylation is 1. The maximum Gasteiger partial charge on any atom is 0.222 e. The standard InChI is InChI=1S/C11H19N3OS/c1-8(12)4-5-11(15)14(3)7-10-6-13-9(2)16-10/h6,8H,4-5,7,12H2,1-3H3. The van der Waals surface area contributed by atoms with Crippen LogP contribution in [0.4, 0.5) is 0 Å². The summed E-state index contributed by atoms with van der Waals surface area (Å²) in [5.41, 5.74) is 5.62. The molecular formula is C11H19N3OS. The molecule has 4 nitrogen and oxygen atoms in total. The first kappa shape index (κ1) is 13.1. The van der Waals surface area contributed by atoms with E-state index >= 15 is 0 Å². The zero-order chi connectivity index (χ0) is 12.1. The van der Waals surface area contributed by atoms with E-state index in [4.69, 9.17) is 5.73 Å². The summed E-state index contributed by atoms with van der Waals surface area (Å²) in [7, 11) is 1.82. The molecule has 1 rings (SSSR count). The zero-order valence-corrected chi connectivity index (χ0v) is 10.9. The molecule has 0 spiro atoms. The number of thiazole rings is 1. The number of amides is 1. The van der Waals surface area contributed by atoms with Crippen molar-refractivity contribution in [2.45, 2.75) is 39.3 Å². The lowest BCUT2D eigenvalue weighted by molar-refractivity contribution is -0.130. The minimum Gasteiger partial charge on any atom is -0.341 e. The van der Waals surface area contributed by atoms with E-state index in [1.807, 2.05) is 27.1 Å². The Morgan fingerprint density at radius 3 is 2.88 bits per heavy atom. The molecule has 2 N–H and O–H groups in total. The summed E-state index contributed by atoms with van der Waals surface area (Å²) in [6, 6.07) is 0.0861. The van der Waals surface area contributed by atoms with Crippen LogP contribution in [0.5, 0.6) is 0 Å². The average molecular weight is 241 g/mol. The van der Waals surface area contributed by atoms with Crippen molar-refractivity contribution >= 4 is 17.2 Å². The Morgan fingerprint density at radius 2 is 2.38 bits per heavy atom. The predicted molar refractivity (Wildman–Crippen MR) is 66.2 cm³/mol. The molecule has 1 atom stereocenters. The average Bonchev–Trinajstić information content (AvgIpc) is 2.60. The molecule has 0 aliphatic heterocycles. The first-order valence-corrected chi connectivity index (χ1v) is 6.21. The van der Waals surface area contributed by atoms with Crippen LogP contribution in [0.1, 0.15) is 29.7 Å². The lowest BCUT2D eigenvalue weighted by Gasteiger charge is -2.16. The number of carbonyl (C=O) groups excluding carboxylic acids is 1. The number of nitrogens with two attached hydrogens (primary N) is 1. The molecule has 0 aromatic carbocycles. The zero-order valence-electron chi connectivity index (χ0n) is 10.1. The highest BCUT2D eigenvalue weighted by Crippen LogP contribution is 2.14. The fourth-order valence-electron chi connectivity index (χ4n) is 1.34. The van der Waals surface area contributed by atoms with Crippen LogP contribution in [0.15, 0.2) is 6.20 Å². The molecular weight excluding hydrogens is 222 g/mol. The van der Waals surface area contributed by atoms with Crippen LogP contribution in [0.3, 0.4) is 0 Å². The fourth-order valence-corrected chi connectivity index (χ4v) is 2.19. The number of carbonyl (C=O) groups is 1. The monoisotopic (exact) mass is 241 g/mol. The molecule has 0 bridgehead atoms. The van der Waals surface area contributed by atoms with Gasteiger partial charge in [0.25, 0.3) is 0 Å². The predicted octanol–water partition coefficient (Wildman–Crippen LogP) is 1.54. The van der Waals surface area contributed by atoms with Gasteiger partial charge < -0.3 is 10.6 Å². The van der Waals surface area contributed by atoms with Gasteiger partial charge >= 0.3 is 0 Å². The minimum atomic E-state index is 0.0861. The van der Waals surface area contributed by atoms with Gasteiger partial charge in [0, 0.05) is 30.6 Å². The molecule has 1 heterocycles. The maximum atomic E-state index is 11.7. The molecule has 0 radical (unpaired) electrons. The van der Waals surface area contributed by atoms with E-state index in [1.54, 1.807) is 16.2 Å². The molecule has 1 amide bonds. The SMILES string of the molecule is Cc1ncc(CN(C)C(=O)CCC(C)N)s1. The van der Waals surface area contributed by atoms with Crippen molar-refractivity contribution < 1.29 is 4.79 Å². The van der Waals surface area contributed by atoms with Crippen molar-refractivity contribution in [1.29, 1.82) is 0 Å². The van der Waals surface area contributed by atoms with Gasteiger partial charge in [-0.15, -0.1) is 11.3 Å². The largest absolute Gasteiger partial charge is 0.341 e. The van der Waals surface area contributed by atoms with Crippen molar-refractivity contribution in [3.63, 3.8) is 0 Å². The third-order valence-corrected chi connectivity index (χ3v) is 3.20. The second-order valence-electron chi connectivity index (χ2n) is 4.11. The smallest absolute Gasteiger partial charge is 0.222 e. The number of nitrogens with zero attached hydrogens (tertiary/aromatic N) is 2. The molecule has 5 heteroatoms. The van der Waals surface area contributed by atoms with Crippen LogP contribution < -0.4 is 5.73 Å². The van der Waals surface area contributed by atoms with E-state index in [-0.39, 0.29) is 11.9 Å². The molecule has 0 aliphatic carbocycles. The lowest BCUT2D eigenvalue weighted by atomic mass is 10.2. The van der Waals surface area contributed by atoms with Gasteiger partial charge in [0.15, 0.2) is 0 Å². The van der Waals surface area contributed by atoms with E-state index < -0.39 is 0 Å². The Hall–Kier alpha value is -0.940. The molecule has 1 aromatic rings. The molecule has 0 saturated heterocycles. The van der Waals surface area contributed by atoms with Gasteiger partial charge in [-0.1, -0.05) is 0 Å². The summed E-state index contributed by atoms with van der Waals surface area (Å²) in [6.07, 6.45) is 3.09. The highest BCUT2D eigenvalue weighted by atomic mass is 32.1. The van der Waals surface area contributed by atoms with E-state index in [2.05, 4.69) is 4.98 Å². The summed E-state index contributed by atoms with van der Waals surface area (Å²) in [6.45, 7) is 4.52. The molecule has 1 unspecified atom stereocenters. The molecule has 0 aliphatic rings. The second-order valence-corrected chi connectivity index (χ2v) is 5.43. The number of hydrogen-bond donors (Lipinski definition) is 1. The van der Waals surface area contributed by atoms with E-state index in [1.165, 1.54) is 0 Å². The van der Waals surface area contributed by atoms with Crippen LogP contribution >= 0.6 is 11.3 Å². The molecule has 1 aromatic heterocycles. The van der Waals surface area contributed by atoms with Crippen LogP contribution in [0, 0.1) is 6.92 Å². The van der Waals surface area contributed by atoms with Gasteiger partial charge in [-0.3, -0.25) is 4.79 Å². The van der Waals surface area contributed by atoms with E-state index in [0.717, 1.165) is 16.3 Å². The molecule has 16 heavy (non-hydrogen) atoms. The number of rotatable bonds is 5. The van der Waals surface area contributed by atoms with Gasteiger partial charge in [0.05, 0.1) is 11.6 Å². The van der Waals surface area contributed by atoms with E-state index in [0.29, 0.717) is 13.0 Å². The highest BCUT2D eigenvalue weighted by Gasteiger charge is 2.11. The normalized spacial score (nSPS) is 12.5. The second kappa shape index (κ2) is 5.96. The highest BCUT2D eigenvalue weighted by molar-refractivity contribution is 7.11. The molecule has 90 valence electrons. The lowest BCUT2D eigenvalue weighted by Crippen LogP contribution is -2.27. The van der Waals surface area contributed by atoms with Crippen LogP contribution in [0.25, 0.3) is 0 Å². The third-order valence-electron chi connectivity index (χ3n) is 2.30. The first-order valence-electron chi connectivity index (χ1n) is 5.40. The van der Waals surface area contributed by atoms with Gasteiger partial charge in [0.1, 0.15) is 0 Å². The van der Waals surface area contributed by atoms with Crippen molar-refractivity contribution in [1.82, 2.24) is 9.88 Å². The van der Waals surface area contributed by atoms with Crippen LogP contribution in [-0.4, -0.2) is 28.9 Å². The molecule has 0 fully saturated rings. The Balaban J connectivity index is 2.39. The summed E-state index contributed by atoms with van der Waals surface area (Å²) in [5.74, 6) is 0.142. The van der Waals surface area contributed by atoms with E-state index in [9.17, 15) is 4.79 Å². The topological polar surface area (TPSA) is 59.2 Å². The Morgan fingerprint density at radius 1 is 1.69 bits per heavy atom. The fraction of sp³-hybridized carbons (Fsp3) is 0.636. The van der Waals surface area contributed by atoms with Crippen LogP contribution in [-0.2, 0) is 11.3 Å². The quantitative estimate of drug-likeness (QED) is 0.850. The Kier molecular flexibility index (Phi) is 4.89. The third kappa shape index (κ3) is 4.28. The Bertz CT molecular complexity index is 349. The van der Waals surface area contributed by atoms with Crippen molar-refractivity contribution in [3.05, 3.63) is 16.1 Å². The van der Waals surface area contributed by atoms with Crippen molar-refractivity contribution in [3.8, 4) is 0 Å². The summed E-state index contributed by atoms with van der Waals surface area (Å²) in [4.78, 5) is 18.7. The number of aromatic nitrogens is 1. The summed E-state index contributed by atoms with van der Waals surface area (Å²) < 4.78 is 0. The number of hydrogen-bond acceptors (Lipinski definition) is 4. The van der Waals surface area contributed by atoms with Gasteiger partial charge in [-0.05, 0) is 20.3 Å². The summed E-state index contributed by atoms with van der Waals surface area (Å²) in [5, 5.41) is 1.03. The first-order chi connectivity index (χ1) is 7.49. The summed E-state index contributed by atoms with van der Waals surface area (Å²) >= 11 is 1.63. The van der Waals surface area contributed by atoms with Crippen molar-refractivity contribution in [2.75, 3.05) is 7.05 Å². The molecule has 0 saturated carbocycles. The van der Waals surface area contributed by atoms with Gasteiger partial charge in [-0.2, -0.15) is 0 Å². The maximum absolute atomic E-state index is 11.7. The van der Waals surface area contributed by atoms with Gasteiger partial charge in [-0.25, -0.2) is 4.98 Å². The van der Waals surface area contributed by atoms with Crippen LogP contribution in [0.2, 0.25) is 0 Å². The Labute approximate surface area is 100 Å². The minimum absolute atomic E-state index is 0.0861. The van der Waals surface area contributed by atoms with Crippen molar-refractivity contribution in [2.24, 2.45) is 5.73 Å². The van der Waals surface area contributed by atoms with Gasteiger partial charge in [0.2, 0.25) is 5.91 Å².